The van der Waals surface area contributed by atoms with Crippen molar-refractivity contribution in [3.63, 3.8) is 0 Å². The van der Waals surface area contributed by atoms with E-state index in [-0.39, 0.29) is 5.63 Å². The Morgan fingerprint density at radius 1 is 1.14 bits per heavy atom. The molecule has 0 fully saturated rings. The van der Waals surface area contributed by atoms with Crippen molar-refractivity contribution in [1.82, 2.24) is 0 Å². The molecular formula is C17H13IO3. The van der Waals surface area contributed by atoms with E-state index in [0.29, 0.717) is 12.2 Å². The lowest BCUT2D eigenvalue weighted by molar-refractivity contribution is 0.304. The summed E-state index contributed by atoms with van der Waals surface area (Å²) in [5.74, 6) is 0.812. The van der Waals surface area contributed by atoms with Gasteiger partial charge >= 0.3 is 5.63 Å². The molecule has 0 N–H and O–H groups in total. The van der Waals surface area contributed by atoms with Gasteiger partial charge in [0.15, 0.2) is 0 Å². The Balaban J connectivity index is 1.97. The number of ether oxygens (including phenoxy) is 1. The molecule has 0 aliphatic rings. The molecule has 0 aliphatic heterocycles. The van der Waals surface area contributed by atoms with Gasteiger partial charge in [-0.15, -0.1) is 0 Å². The highest BCUT2D eigenvalue weighted by molar-refractivity contribution is 14.1. The minimum atomic E-state index is -0.352. The second-order valence-electron chi connectivity index (χ2n) is 4.81. The maximum atomic E-state index is 11.7. The molecule has 0 bridgehead atoms. The topological polar surface area (TPSA) is 39.4 Å². The molecule has 0 atom stereocenters. The normalized spacial score (nSPS) is 10.8. The number of halogens is 1. The first-order chi connectivity index (χ1) is 10.1. The first-order valence-corrected chi connectivity index (χ1v) is 7.62. The number of fused-ring (bicyclic) bond motifs is 1. The fourth-order valence-electron chi connectivity index (χ4n) is 2.17. The number of hydrogen-bond donors (Lipinski definition) is 0. The molecule has 0 saturated heterocycles. The maximum absolute atomic E-state index is 11.7. The average molecular weight is 392 g/mol. The molecule has 3 rings (SSSR count). The minimum Gasteiger partial charge on any atom is -0.488 e. The van der Waals surface area contributed by atoms with Crippen molar-refractivity contribution in [3.05, 3.63) is 73.6 Å². The van der Waals surface area contributed by atoms with Gasteiger partial charge in [0.1, 0.15) is 17.9 Å². The van der Waals surface area contributed by atoms with Gasteiger partial charge in [-0.1, -0.05) is 24.3 Å². The summed E-state index contributed by atoms with van der Waals surface area (Å²) in [5, 5.41) is 0.908. The van der Waals surface area contributed by atoms with Crippen LogP contribution < -0.4 is 10.4 Å². The number of benzene rings is 2. The highest BCUT2D eigenvalue weighted by Gasteiger charge is 2.07. The van der Waals surface area contributed by atoms with E-state index in [0.717, 1.165) is 25.8 Å². The van der Waals surface area contributed by atoms with Crippen LogP contribution in [0.5, 0.6) is 5.75 Å². The number of hydrogen-bond acceptors (Lipinski definition) is 3. The first-order valence-electron chi connectivity index (χ1n) is 6.54. The lowest BCUT2D eigenvalue weighted by Gasteiger charge is -2.09. The van der Waals surface area contributed by atoms with E-state index in [2.05, 4.69) is 22.6 Å². The van der Waals surface area contributed by atoms with Crippen LogP contribution in [0.25, 0.3) is 11.0 Å². The van der Waals surface area contributed by atoms with Crippen LogP contribution >= 0.6 is 22.6 Å². The van der Waals surface area contributed by atoms with E-state index >= 15 is 0 Å². The van der Waals surface area contributed by atoms with Gasteiger partial charge in [-0.3, -0.25) is 0 Å². The van der Waals surface area contributed by atoms with Gasteiger partial charge in [0, 0.05) is 17.0 Å². The Bertz CT molecular complexity index is 852. The van der Waals surface area contributed by atoms with E-state index in [9.17, 15) is 4.79 Å². The average Bonchev–Trinajstić information content (AvgIpc) is 2.45. The molecule has 2 aromatic carbocycles. The van der Waals surface area contributed by atoms with Crippen molar-refractivity contribution in [2.75, 3.05) is 0 Å². The second-order valence-corrected chi connectivity index (χ2v) is 5.97. The summed E-state index contributed by atoms with van der Waals surface area (Å²) in [6.45, 7) is 2.31. The third kappa shape index (κ3) is 3.10. The summed E-state index contributed by atoms with van der Waals surface area (Å²) < 4.78 is 12.1. The summed E-state index contributed by atoms with van der Waals surface area (Å²) in [5.41, 5.74) is 2.14. The van der Waals surface area contributed by atoms with Gasteiger partial charge in [0.2, 0.25) is 0 Å². The zero-order chi connectivity index (χ0) is 14.8. The van der Waals surface area contributed by atoms with Crippen molar-refractivity contribution in [2.45, 2.75) is 13.5 Å². The molecule has 3 nitrogen and oxygen atoms in total. The molecule has 1 heterocycles. The van der Waals surface area contributed by atoms with Gasteiger partial charge in [0.25, 0.3) is 0 Å². The van der Waals surface area contributed by atoms with Crippen LogP contribution in [0.3, 0.4) is 0 Å². The van der Waals surface area contributed by atoms with E-state index in [4.69, 9.17) is 9.15 Å². The van der Waals surface area contributed by atoms with Gasteiger partial charge in [0.05, 0.1) is 3.57 Å². The Kier molecular flexibility index (Phi) is 3.96. The van der Waals surface area contributed by atoms with E-state index in [1.807, 2.05) is 49.4 Å². The lowest BCUT2D eigenvalue weighted by atomic mass is 10.1. The smallest absolute Gasteiger partial charge is 0.336 e. The summed E-state index contributed by atoms with van der Waals surface area (Å²) in [4.78, 5) is 11.7. The monoisotopic (exact) mass is 392 g/mol. The summed E-state index contributed by atoms with van der Waals surface area (Å²) in [6.07, 6.45) is 0. The quantitative estimate of drug-likeness (QED) is 0.493. The molecule has 0 spiro atoms. The number of aryl methyl sites for hydroxylation is 1. The fourth-order valence-corrected chi connectivity index (χ4v) is 2.72. The van der Waals surface area contributed by atoms with Gasteiger partial charge in [-0.25, -0.2) is 4.79 Å². The predicted molar refractivity (Wildman–Crippen MR) is 90.7 cm³/mol. The van der Waals surface area contributed by atoms with Crippen LogP contribution in [0.2, 0.25) is 0 Å². The predicted octanol–water partition coefficient (Wildman–Crippen LogP) is 4.29. The molecule has 0 unspecified atom stereocenters. The maximum Gasteiger partial charge on any atom is 0.336 e. The summed E-state index contributed by atoms with van der Waals surface area (Å²) in [7, 11) is 0. The molecule has 0 aliphatic carbocycles. The molecule has 106 valence electrons. The van der Waals surface area contributed by atoms with Crippen LogP contribution in [0.4, 0.5) is 0 Å². The van der Waals surface area contributed by atoms with Crippen LogP contribution in [0.15, 0.2) is 57.7 Å². The van der Waals surface area contributed by atoms with E-state index < -0.39 is 0 Å². The highest BCUT2D eigenvalue weighted by atomic mass is 127. The Morgan fingerprint density at radius 2 is 1.95 bits per heavy atom. The summed E-state index contributed by atoms with van der Waals surface area (Å²) >= 11 is 2.23. The van der Waals surface area contributed by atoms with Crippen molar-refractivity contribution in [1.29, 1.82) is 0 Å². The first kappa shape index (κ1) is 14.1. The SMILES string of the molecule is Cc1ccc2c(COc3ccccc3I)cc(=O)oc2c1. The van der Waals surface area contributed by atoms with Crippen LogP contribution in [0, 0.1) is 10.5 Å². The van der Waals surface area contributed by atoms with Gasteiger partial charge in [-0.2, -0.15) is 0 Å². The molecule has 21 heavy (non-hydrogen) atoms. The number of para-hydroxylation sites is 1. The van der Waals surface area contributed by atoms with Crippen LogP contribution in [-0.2, 0) is 6.61 Å². The Hall–Kier alpha value is -1.82. The lowest BCUT2D eigenvalue weighted by Crippen LogP contribution is -2.04. The van der Waals surface area contributed by atoms with Gasteiger partial charge < -0.3 is 9.15 Å². The summed E-state index contributed by atoms with van der Waals surface area (Å²) in [6, 6.07) is 15.1. The third-order valence-corrected chi connectivity index (χ3v) is 4.10. The molecule has 3 aromatic rings. The molecule has 0 saturated carbocycles. The molecule has 1 aromatic heterocycles. The zero-order valence-corrected chi connectivity index (χ0v) is 13.6. The van der Waals surface area contributed by atoms with Crippen molar-refractivity contribution in [3.8, 4) is 5.75 Å². The van der Waals surface area contributed by atoms with Crippen molar-refractivity contribution in [2.24, 2.45) is 0 Å². The second kappa shape index (κ2) is 5.89. The largest absolute Gasteiger partial charge is 0.488 e. The van der Waals surface area contributed by atoms with E-state index in [1.54, 1.807) is 0 Å². The molecule has 0 amide bonds. The standard InChI is InChI=1S/C17H13IO3/c1-11-6-7-13-12(9-17(19)21-16(13)8-11)10-20-15-5-3-2-4-14(15)18/h2-9H,10H2,1H3. The van der Waals surface area contributed by atoms with Crippen LogP contribution in [0.1, 0.15) is 11.1 Å². The zero-order valence-electron chi connectivity index (χ0n) is 11.4. The van der Waals surface area contributed by atoms with E-state index in [1.165, 1.54) is 6.07 Å². The fraction of sp³-hybridized carbons (Fsp3) is 0.118. The molecule has 0 radical (unpaired) electrons. The Morgan fingerprint density at radius 3 is 2.76 bits per heavy atom. The molecular weight excluding hydrogens is 379 g/mol. The number of rotatable bonds is 3. The minimum absolute atomic E-state index is 0.338. The molecule has 4 heteroatoms. The van der Waals surface area contributed by atoms with Crippen LogP contribution in [-0.4, -0.2) is 0 Å². The van der Waals surface area contributed by atoms with Crippen molar-refractivity contribution < 1.29 is 9.15 Å². The third-order valence-electron chi connectivity index (χ3n) is 3.21. The van der Waals surface area contributed by atoms with Crippen molar-refractivity contribution >= 4 is 33.6 Å². The Labute approximate surface area is 135 Å². The highest BCUT2D eigenvalue weighted by Crippen LogP contribution is 2.23. The van der Waals surface area contributed by atoms with Gasteiger partial charge in [-0.05, 0) is 53.3 Å².